The first-order chi connectivity index (χ1) is 13.5. The third-order valence-corrected chi connectivity index (χ3v) is 6.40. The molecule has 2 aliphatic carbocycles. The van der Waals surface area contributed by atoms with Crippen LogP contribution in [0, 0.1) is 11.3 Å². The highest BCUT2D eigenvalue weighted by Crippen LogP contribution is 2.56. The Morgan fingerprint density at radius 1 is 1.34 bits per heavy atom. The summed E-state index contributed by atoms with van der Waals surface area (Å²) >= 11 is 0. The maximum absolute atomic E-state index is 12.4. The third-order valence-electron chi connectivity index (χ3n) is 6.40. The molecule has 2 fully saturated rings. The number of hydrogen-bond donors (Lipinski definition) is 1. The van der Waals surface area contributed by atoms with Crippen molar-refractivity contribution in [3.05, 3.63) is 35.5 Å². The predicted molar refractivity (Wildman–Crippen MR) is 103 cm³/mol. The van der Waals surface area contributed by atoms with Crippen LogP contribution in [0.15, 0.2) is 35.5 Å². The summed E-state index contributed by atoms with van der Waals surface area (Å²) in [6, 6.07) is 0. The van der Waals surface area contributed by atoms with Gasteiger partial charge in [0.15, 0.2) is 0 Å². The van der Waals surface area contributed by atoms with Crippen molar-refractivity contribution in [2.45, 2.75) is 71.4 Å². The molecular formula is C22H28O7. The van der Waals surface area contributed by atoms with Gasteiger partial charge in [0, 0.05) is 29.4 Å². The Bertz CT molecular complexity index is 823. The Labute approximate surface area is 170 Å². The number of carbonyl (C=O) groups is 3. The number of esters is 3. The number of hydrogen-bond acceptors (Lipinski definition) is 7. The van der Waals surface area contributed by atoms with Crippen LogP contribution in [0.1, 0.15) is 47.0 Å². The lowest BCUT2D eigenvalue weighted by Crippen LogP contribution is -2.55. The molecule has 1 saturated heterocycles. The molecule has 1 aliphatic heterocycles. The Morgan fingerprint density at radius 2 is 2.00 bits per heavy atom. The zero-order chi connectivity index (χ0) is 21.7. The zero-order valence-electron chi connectivity index (χ0n) is 17.3. The standard InChI is InChI=1S/C22H28O7/c1-7-16(24)27-13-8-15(23)22(6)9-14-17(12(5)21(26)28-14)19(18(22)11(13)4)29-20(25)10(2)3/h13-15,17,19,23H,2,5,7-9H2,1,3-4,6H3. The van der Waals surface area contributed by atoms with E-state index in [4.69, 9.17) is 14.2 Å². The molecule has 0 aromatic rings. The molecular weight excluding hydrogens is 376 g/mol. The molecule has 1 saturated carbocycles. The minimum Gasteiger partial charge on any atom is -0.458 e. The second kappa shape index (κ2) is 7.44. The van der Waals surface area contributed by atoms with Gasteiger partial charge in [-0.2, -0.15) is 0 Å². The third kappa shape index (κ3) is 3.41. The molecule has 7 nitrogen and oxygen atoms in total. The minimum atomic E-state index is -0.865. The Hall–Kier alpha value is -2.41. The molecule has 29 heavy (non-hydrogen) atoms. The molecule has 0 bridgehead atoms. The fourth-order valence-corrected chi connectivity index (χ4v) is 4.76. The highest BCUT2D eigenvalue weighted by molar-refractivity contribution is 5.92. The van der Waals surface area contributed by atoms with Crippen LogP contribution in [-0.2, 0) is 28.6 Å². The quantitative estimate of drug-likeness (QED) is 0.332. The van der Waals surface area contributed by atoms with Crippen molar-refractivity contribution >= 4 is 17.9 Å². The van der Waals surface area contributed by atoms with E-state index < -0.39 is 47.7 Å². The molecule has 0 aromatic heterocycles. The lowest BCUT2D eigenvalue weighted by atomic mass is 9.57. The summed E-state index contributed by atoms with van der Waals surface area (Å²) < 4.78 is 16.8. The van der Waals surface area contributed by atoms with Crippen LogP contribution in [-0.4, -0.2) is 47.4 Å². The fraction of sp³-hybridized carbons (Fsp3) is 0.591. The van der Waals surface area contributed by atoms with Crippen LogP contribution in [0.2, 0.25) is 0 Å². The van der Waals surface area contributed by atoms with Crippen LogP contribution in [0.4, 0.5) is 0 Å². The molecule has 158 valence electrons. The summed E-state index contributed by atoms with van der Waals surface area (Å²) in [4.78, 5) is 36.5. The second-order valence-electron chi connectivity index (χ2n) is 8.40. The summed E-state index contributed by atoms with van der Waals surface area (Å²) in [6.07, 6.45) is -2.10. The average Bonchev–Trinajstić information content (AvgIpc) is 2.92. The molecule has 1 heterocycles. The van der Waals surface area contributed by atoms with Crippen LogP contribution in [0.25, 0.3) is 0 Å². The fourth-order valence-electron chi connectivity index (χ4n) is 4.76. The lowest BCUT2D eigenvalue weighted by Gasteiger charge is -2.52. The van der Waals surface area contributed by atoms with E-state index in [0.717, 1.165) is 5.57 Å². The van der Waals surface area contributed by atoms with Gasteiger partial charge in [-0.05, 0) is 31.4 Å². The van der Waals surface area contributed by atoms with Crippen LogP contribution >= 0.6 is 0 Å². The maximum atomic E-state index is 12.4. The van der Waals surface area contributed by atoms with Crippen molar-refractivity contribution in [2.24, 2.45) is 11.3 Å². The van der Waals surface area contributed by atoms with Gasteiger partial charge in [-0.25, -0.2) is 9.59 Å². The van der Waals surface area contributed by atoms with Gasteiger partial charge >= 0.3 is 17.9 Å². The number of fused-ring (bicyclic) bond motifs is 2. The molecule has 6 atom stereocenters. The Morgan fingerprint density at radius 3 is 2.59 bits per heavy atom. The summed E-state index contributed by atoms with van der Waals surface area (Å²) in [6.45, 7) is 14.4. The van der Waals surface area contributed by atoms with Gasteiger partial charge < -0.3 is 19.3 Å². The molecule has 0 aromatic carbocycles. The minimum absolute atomic E-state index is 0.213. The van der Waals surface area contributed by atoms with Gasteiger partial charge in [0.2, 0.25) is 0 Å². The second-order valence-corrected chi connectivity index (χ2v) is 8.40. The smallest absolute Gasteiger partial charge is 0.334 e. The summed E-state index contributed by atoms with van der Waals surface area (Å²) in [5.41, 5.74) is 1.04. The van der Waals surface area contributed by atoms with Crippen LogP contribution < -0.4 is 0 Å². The Balaban J connectivity index is 2.12. The van der Waals surface area contributed by atoms with E-state index in [0.29, 0.717) is 12.0 Å². The number of rotatable bonds is 4. The molecule has 6 unspecified atom stereocenters. The molecule has 0 amide bonds. The van der Waals surface area contributed by atoms with Gasteiger partial charge in [-0.15, -0.1) is 0 Å². The van der Waals surface area contributed by atoms with Gasteiger partial charge in [0.25, 0.3) is 0 Å². The monoisotopic (exact) mass is 404 g/mol. The topological polar surface area (TPSA) is 99.1 Å². The predicted octanol–water partition coefficient (Wildman–Crippen LogP) is 2.39. The van der Waals surface area contributed by atoms with E-state index in [2.05, 4.69) is 13.2 Å². The molecule has 1 N–H and O–H groups in total. The van der Waals surface area contributed by atoms with Crippen LogP contribution in [0.5, 0.6) is 0 Å². The number of aliphatic hydroxyl groups is 1. The van der Waals surface area contributed by atoms with Gasteiger partial charge in [-0.3, -0.25) is 4.79 Å². The van der Waals surface area contributed by atoms with E-state index in [1.54, 1.807) is 6.92 Å². The highest BCUT2D eigenvalue weighted by Gasteiger charge is 2.60. The largest absolute Gasteiger partial charge is 0.458 e. The molecule has 3 aliphatic rings. The van der Waals surface area contributed by atoms with Gasteiger partial charge in [0.1, 0.15) is 18.3 Å². The van der Waals surface area contributed by atoms with E-state index in [1.165, 1.54) is 6.92 Å². The first kappa shape index (κ1) is 21.3. The van der Waals surface area contributed by atoms with Crippen molar-refractivity contribution in [1.82, 2.24) is 0 Å². The summed E-state index contributed by atoms with van der Waals surface area (Å²) in [7, 11) is 0. The molecule has 0 radical (unpaired) electrons. The van der Waals surface area contributed by atoms with E-state index in [9.17, 15) is 19.5 Å². The van der Waals surface area contributed by atoms with Crippen molar-refractivity contribution in [3.63, 3.8) is 0 Å². The Kier molecular flexibility index (Phi) is 5.47. The summed E-state index contributed by atoms with van der Waals surface area (Å²) in [5.74, 6) is -2.07. The van der Waals surface area contributed by atoms with E-state index in [-0.39, 0.29) is 30.0 Å². The first-order valence-corrected chi connectivity index (χ1v) is 9.86. The normalized spacial score (nSPS) is 36.1. The van der Waals surface area contributed by atoms with E-state index >= 15 is 0 Å². The number of ether oxygens (including phenoxy) is 3. The SMILES string of the molecule is C=C(C)C(=O)OC1C2=C(C)C(OC(=O)CC)CC(O)C2(C)CC2OC(=O)C(=C)C21. The lowest BCUT2D eigenvalue weighted by molar-refractivity contribution is -0.159. The first-order valence-electron chi connectivity index (χ1n) is 9.86. The van der Waals surface area contributed by atoms with Crippen molar-refractivity contribution in [1.29, 1.82) is 0 Å². The van der Waals surface area contributed by atoms with Crippen molar-refractivity contribution in [3.8, 4) is 0 Å². The highest BCUT2D eigenvalue weighted by atomic mass is 16.6. The number of carbonyl (C=O) groups excluding carboxylic acids is 3. The van der Waals surface area contributed by atoms with Crippen molar-refractivity contribution < 1.29 is 33.7 Å². The zero-order valence-corrected chi connectivity index (χ0v) is 17.3. The van der Waals surface area contributed by atoms with Gasteiger partial charge in [0.05, 0.1) is 12.0 Å². The maximum Gasteiger partial charge on any atom is 0.334 e. The molecule has 7 heteroatoms. The average molecular weight is 404 g/mol. The van der Waals surface area contributed by atoms with E-state index in [1.807, 2.05) is 13.8 Å². The molecule has 0 spiro atoms. The summed E-state index contributed by atoms with van der Waals surface area (Å²) in [5, 5.41) is 11.0. The number of aliphatic hydroxyl groups excluding tert-OH is 1. The van der Waals surface area contributed by atoms with Crippen LogP contribution in [0.3, 0.4) is 0 Å². The van der Waals surface area contributed by atoms with Crippen molar-refractivity contribution in [2.75, 3.05) is 0 Å². The van der Waals surface area contributed by atoms with Gasteiger partial charge in [-0.1, -0.05) is 27.0 Å². The molecule has 3 rings (SSSR count).